The molecule has 0 aromatic carbocycles. The van der Waals surface area contributed by atoms with Gasteiger partial charge in [0.2, 0.25) is 0 Å². The van der Waals surface area contributed by atoms with Crippen molar-refractivity contribution in [3.8, 4) is 0 Å². The summed E-state index contributed by atoms with van der Waals surface area (Å²) in [5, 5.41) is 0. The summed E-state index contributed by atoms with van der Waals surface area (Å²) in [6, 6.07) is 6.11. The van der Waals surface area contributed by atoms with E-state index in [9.17, 15) is 0 Å². The van der Waals surface area contributed by atoms with Crippen LogP contribution >= 0.6 is 0 Å². The molecule has 2 heterocycles. The van der Waals surface area contributed by atoms with Crippen molar-refractivity contribution in [2.45, 2.75) is 6.42 Å². The quantitative estimate of drug-likeness (QED) is 0.771. The van der Waals surface area contributed by atoms with Gasteiger partial charge in [-0.2, -0.15) is 0 Å². The van der Waals surface area contributed by atoms with E-state index in [2.05, 4.69) is 34.0 Å². The predicted molar refractivity (Wildman–Crippen MR) is 58.6 cm³/mol. The van der Waals surface area contributed by atoms with Gasteiger partial charge in [-0.25, -0.2) is 4.98 Å². The summed E-state index contributed by atoms with van der Waals surface area (Å²) in [7, 11) is 2.18. The molecule has 1 radical (unpaired) electrons. The third kappa shape index (κ3) is 3.97. The van der Waals surface area contributed by atoms with Crippen LogP contribution in [-0.2, 0) is 0 Å². The molecule has 0 N–H and O–H groups in total. The van der Waals surface area contributed by atoms with E-state index in [-0.39, 0.29) is 41.3 Å². The number of hydrogen-bond donors (Lipinski definition) is 0. The summed E-state index contributed by atoms with van der Waals surface area (Å²) in [5.74, 6) is 1.11. The Hall–Kier alpha value is 0.274. The van der Waals surface area contributed by atoms with Crippen molar-refractivity contribution < 1.29 is 41.3 Å². The summed E-state index contributed by atoms with van der Waals surface area (Å²) >= 11 is 0. The molecule has 0 saturated carbocycles. The molecule has 0 atom stereocenters. The maximum Gasteiger partial charge on any atom is 0.128 e. The van der Waals surface area contributed by atoms with Gasteiger partial charge in [-0.3, -0.25) is 0 Å². The number of nitrogens with zero attached hydrogens (tertiary/aromatic N) is 3. The van der Waals surface area contributed by atoms with Crippen LogP contribution in [0.15, 0.2) is 24.4 Å². The molecule has 0 bridgehead atoms. The molecule has 2 rings (SSSR count). The molecule has 1 aliphatic heterocycles. The van der Waals surface area contributed by atoms with Crippen LogP contribution in [-0.4, -0.2) is 43.1 Å². The first-order chi connectivity index (χ1) is 6.86. The molecule has 1 aromatic heterocycles. The first-order valence-corrected chi connectivity index (χ1v) is 5.21. The van der Waals surface area contributed by atoms with Gasteiger partial charge in [0, 0.05) is 67.1 Å². The Bertz CT molecular complexity index is 278. The van der Waals surface area contributed by atoms with Gasteiger partial charge in [-0.1, -0.05) is 6.07 Å². The van der Waals surface area contributed by atoms with E-state index in [1.807, 2.05) is 12.3 Å². The van der Waals surface area contributed by atoms with Gasteiger partial charge in [-0.15, -0.1) is 0 Å². The summed E-state index contributed by atoms with van der Waals surface area (Å²) in [6.45, 7) is 4.55. The number of likely N-dealkylation sites (N-methyl/N-ethyl adjacent to an activating group) is 1. The Morgan fingerprint density at radius 3 is 2.73 bits per heavy atom. The second-order valence-electron chi connectivity index (χ2n) is 3.83. The molecule has 15 heavy (non-hydrogen) atoms. The molecule has 1 saturated heterocycles. The monoisotopic (exact) mass is 332 g/mol. The van der Waals surface area contributed by atoms with E-state index in [0.717, 1.165) is 25.5 Å². The Balaban J connectivity index is 0.00000112. The molecule has 0 aliphatic carbocycles. The van der Waals surface area contributed by atoms with Crippen LogP contribution in [0.2, 0.25) is 0 Å². The van der Waals surface area contributed by atoms with Crippen molar-refractivity contribution in [1.29, 1.82) is 0 Å². The van der Waals surface area contributed by atoms with E-state index in [1.54, 1.807) is 0 Å². The fourth-order valence-corrected chi connectivity index (χ4v) is 1.82. The smallest absolute Gasteiger partial charge is 0.128 e. The average molecular weight is 332 g/mol. The Kier molecular flexibility index (Phi) is 6.02. The minimum absolute atomic E-state index is 0. The minimum atomic E-state index is 0. The molecule has 1 aliphatic rings. The summed E-state index contributed by atoms with van der Waals surface area (Å²) in [6.07, 6.45) is 3.09. The van der Waals surface area contributed by atoms with Crippen LogP contribution in [0.3, 0.4) is 0 Å². The fourth-order valence-electron chi connectivity index (χ4n) is 1.82. The van der Waals surface area contributed by atoms with E-state index in [1.165, 1.54) is 13.0 Å². The predicted octanol–water partition coefficient (Wildman–Crippen LogP) is 1.22. The molecule has 4 heteroatoms. The zero-order chi connectivity index (χ0) is 9.80. The second kappa shape index (κ2) is 6.77. The topological polar surface area (TPSA) is 19.4 Å². The van der Waals surface area contributed by atoms with E-state index in [4.69, 9.17) is 0 Å². The second-order valence-corrected chi connectivity index (χ2v) is 3.83. The summed E-state index contributed by atoms with van der Waals surface area (Å²) in [5.41, 5.74) is 0. The van der Waals surface area contributed by atoms with E-state index < -0.39 is 0 Å². The van der Waals surface area contributed by atoms with Crippen molar-refractivity contribution in [3.05, 3.63) is 24.4 Å². The van der Waals surface area contributed by atoms with E-state index >= 15 is 0 Å². The zero-order valence-electron chi connectivity index (χ0n) is 9.26. The molecular formula is C11H17N3Pr. The third-order valence-corrected chi connectivity index (χ3v) is 2.69. The maximum atomic E-state index is 4.38. The van der Waals surface area contributed by atoms with Crippen LogP contribution in [0.5, 0.6) is 0 Å². The average Bonchev–Trinajstić information content (AvgIpc) is 2.44. The SMILES string of the molecule is CN1CCCN(c2ccccn2)CC1.[Pr]. The van der Waals surface area contributed by atoms with Crippen molar-refractivity contribution in [3.63, 3.8) is 0 Å². The Labute approximate surface area is 125 Å². The maximum absolute atomic E-state index is 4.38. The summed E-state index contributed by atoms with van der Waals surface area (Å²) in [4.78, 5) is 9.12. The van der Waals surface area contributed by atoms with Crippen LogP contribution in [0.4, 0.5) is 5.82 Å². The first kappa shape index (κ1) is 13.3. The van der Waals surface area contributed by atoms with E-state index in [0.29, 0.717) is 0 Å². The largest absolute Gasteiger partial charge is 0.355 e. The van der Waals surface area contributed by atoms with Crippen LogP contribution in [0.1, 0.15) is 6.42 Å². The van der Waals surface area contributed by atoms with Gasteiger partial charge in [0.15, 0.2) is 0 Å². The molecular weight excluding hydrogens is 315 g/mol. The van der Waals surface area contributed by atoms with Crippen LogP contribution in [0, 0.1) is 41.3 Å². The van der Waals surface area contributed by atoms with Crippen LogP contribution in [0.25, 0.3) is 0 Å². The number of hydrogen-bond acceptors (Lipinski definition) is 3. The molecule has 1 fully saturated rings. The fraction of sp³-hybridized carbons (Fsp3) is 0.545. The van der Waals surface area contributed by atoms with Crippen molar-refractivity contribution in [1.82, 2.24) is 9.88 Å². The van der Waals surface area contributed by atoms with Gasteiger partial charge >= 0.3 is 0 Å². The molecule has 79 valence electrons. The van der Waals surface area contributed by atoms with Crippen LogP contribution < -0.4 is 4.90 Å². The van der Waals surface area contributed by atoms with Gasteiger partial charge in [0.25, 0.3) is 0 Å². The normalized spacial score (nSPS) is 18.1. The number of aromatic nitrogens is 1. The number of anilines is 1. The standard InChI is InChI=1S/C11H17N3.Pr/c1-13-7-4-8-14(10-9-13)11-5-2-3-6-12-11;/h2-3,5-6H,4,7-10H2,1H3;. The third-order valence-electron chi connectivity index (χ3n) is 2.69. The minimum Gasteiger partial charge on any atom is -0.355 e. The van der Waals surface area contributed by atoms with Gasteiger partial charge < -0.3 is 9.80 Å². The van der Waals surface area contributed by atoms with Crippen molar-refractivity contribution in [2.24, 2.45) is 0 Å². The van der Waals surface area contributed by atoms with Gasteiger partial charge in [0.05, 0.1) is 0 Å². The molecule has 0 spiro atoms. The first-order valence-electron chi connectivity index (χ1n) is 5.21. The number of rotatable bonds is 1. The van der Waals surface area contributed by atoms with Crippen molar-refractivity contribution in [2.75, 3.05) is 38.1 Å². The Morgan fingerprint density at radius 2 is 2.00 bits per heavy atom. The summed E-state index contributed by atoms with van der Waals surface area (Å²) < 4.78 is 0. The zero-order valence-corrected chi connectivity index (χ0v) is 13.0. The van der Waals surface area contributed by atoms with Gasteiger partial charge in [-0.05, 0) is 32.1 Å². The number of pyridine rings is 1. The molecule has 1 aromatic rings. The Morgan fingerprint density at radius 1 is 1.13 bits per heavy atom. The molecule has 3 nitrogen and oxygen atoms in total. The molecule has 0 amide bonds. The van der Waals surface area contributed by atoms with Crippen molar-refractivity contribution >= 4 is 5.82 Å². The van der Waals surface area contributed by atoms with Gasteiger partial charge in [0.1, 0.15) is 5.82 Å². The molecule has 0 unspecified atom stereocenters.